The predicted molar refractivity (Wildman–Crippen MR) is 93.6 cm³/mol. The SMILES string of the molecule is Cc1ccccc1C1(C(=O)N(C)Cc2ccccn2)CCOCC1. The van der Waals surface area contributed by atoms with Gasteiger partial charge in [0.05, 0.1) is 17.7 Å². The lowest BCUT2D eigenvalue weighted by molar-refractivity contribution is -0.140. The molecule has 1 amide bonds. The van der Waals surface area contributed by atoms with Crippen LogP contribution < -0.4 is 0 Å². The topological polar surface area (TPSA) is 42.4 Å². The van der Waals surface area contributed by atoms with Crippen molar-refractivity contribution in [1.29, 1.82) is 0 Å². The molecule has 0 spiro atoms. The van der Waals surface area contributed by atoms with Crippen molar-refractivity contribution >= 4 is 5.91 Å². The van der Waals surface area contributed by atoms with Gasteiger partial charge in [-0.3, -0.25) is 9.78 Å². The zero-order chi connectivity index (χ0) is 17.0. The van der Waals surface area contributed by atoms with Gasteiger partial charge in [0, 0.05) is 26.5 Å². The number of carbonyl (C=O) groups excluding carboxylic acids is 1. The molecule has 1 aromatic heterocycles. The Morgan fingerprint density at radius 2 is 1.88 bits per heavy atom. The molecule has 1 aliphatic heterocycles. The number of likely N-dealkylation sites (N-methyl/N-ethyl adjacent to an activating group) is 1. The van der Waals surface area contributed by atoms with Crippen molar-refractivity contribution in [3.8, 4) is 0 Å². The number of ether oxygens (including phenoxy) is 1. The Morgan fingerprint density at radius 1 is 1.17 bits per heavy atom. The number of amides is 1. The van der Waals surface area contributed by atoms with E-state index in [0.717, 1.165) is 24.1 Å². The Balaban J connectivity index is 1.91. The van der Waals surface area contributed by atoms with Crippen LogP contribution in [0.1, 0.15) is 29.7 Å². The summed E-state index contributed by atoms with van der Waals surface area (Å²) in [5.41, 5.74) is 2.71. The van der Waals surface area contributed by atoms with Crippen molar-refractivity contribution in [2.45, 2.75) is 31.7 Å². The number of aryl methyl sites for hydroxylation is 1. The second kappa shape index (κ2) is 7.14. The molecule has 0 saturated carbocycles. The van der Waals surface area contributed by atoms with Crippen LogP contribution in [0.4, 0.5) is 0 Å². The van der Waals surface area contributed by atoms with Crippen LogP contribution in [-0.2, 0) is 21.5 Å². The van der Waals surface area contributed by atoms with Crippen molar-refractivity contribution in [3.05, 3.63) is 65.5 Å². The van der Waals surface area contributed by atoms with Gasteiger partial charge in [-0.15, -0.1) is 0 Å². The van der Waals surface area contributed by atoms with E-state index in [9.17, 15) is 4.79 Å². The Hall–Kier alpha value is -2.20. The van der Waals surface area contributed by atoms with Crippen molar-refractivity contribution in [1.82, 2.24) is 9.88 Å². The molecule has 1 fully saturated rings. The molecule has 0 atom stereocenters. The zero-order valence-corrected chi connectivity index (χ0v) is 14.4. The maximum Gasteiger partial charge on any atom is 0.233 e. The lowest BCUT2D eigenvalue weighted by Crippen LogP contribution is -2.48. The van der Waals surface area contributed by atoms with Gasteiger partial charge in [0.1, 0.15) is 0 Å². The Labute approximate surface area is 143 Å². The first-order valence-corrected chi connectivity index (χ1v) is 8.43. The molecule has 3 rings (SSSR count). The smallest absolute Gasteiger partial charge is 0.233 e. The van der Waals surface area contributed by atoms with Crippen LogP contribution in [0.15, 0.2) is 48.7 Å². The van der Waals surface area contributed by atoms with Gasteiger partial charge in [-0.2, -0.15) is 0 Å². The number of hydrogen-bond donors (Lipinski definition) is 0. The van der Waals surface area contributed by atoms with Crippen LogP contribution in [0.5, 0.6) is 0 Å². The van der Waals surface area contributed by atoms with Gasteiger partial charge < -0.3 is 9.64 Å². The minimum Gasteiger partial charge on any atom is -0.381 e. The molecule has 4 nitrogen and oxygen atoms in total. The maximum atomic E-state index is 13.4. The third-order valence-corrected chi connectivity index (χ3v) is 4.89. The highest BCUT2D eigenvalue weighted by Gasteiger charge is 2.44. The Morgan fingerprint density at radius 3 is 2.54 bits per heavy atom. The van der Waals surface area contributed by atoms with Crippen LogP contribution in [0.2, 0.25) is 0 Å². The molecule has 2 aromatic rings. The quantitative estimate of drug-likeness (QED) is 0.868. The van der Waals surface area contributed by atoms with E-state index in [0.29, 0.717) is 19.8 Å². The number of nitrogens with zero attached hydrogens (tertiary/aromatic N) is 2. The molecule has 2 heterocycles. The van der Waals surface area contributed by atoms with E-state index in [-0.39, 0.29) is 5.91 Å². The molecule has 4 heteroatoms. The molecule has 126 valence electrons. The van der Waals surface area contributed by atoms with E-state index in [1.165, 1.54) is 5.56 Å². The summed E-state index contributed by atoms with van der Waals surface area (Å²) < 4.78 is 5.55. The van der Waals surface area contributed by atoms with E-state index in [1.54, 1.807) is 11.1 Å². The van der Waals surface area contributed by atoms with Crippen LogP contribution >= 0.6 is 0 Å². The average Bonchev–Trinajstić information content (AvgIpc) is 2.63. The van der Waals surface area contributed by atoms with E-state index >= 15 is 0 Å². The number of pyridine rings is 1. The lowest BCUT2D eigenvalue weighted by atomic mass is 9.71. The van der Waals surface area contributed by atoms with E-state index in [1.807, 2.05) is 37.4 Å². The van der Waals surface area contributed by atoms with Gasteiger partial charge in [-0.25, -0.2) is 0 Å². The van der Waals surface area contributed by atoms with Gasteiger partial charge in [0.25, 0.3) is 0 Å². The minimum absolute atomic E-state index is 0.158. The molecular formula is C20H24N2O2. The molecule has 1 aliphatic rings. The first-order chi connectivity index (χ1) is 11.6. The van der Waals surface area contributed by atoms with E-state index < -0.39 is 5.41 Å². The van der Waals surface area contributed by atoms with Gasteiger partial charge in [-0.05, 0) is 43.0 Å². The van der Waals surface area contributed by atoms with Crippen molar-refractivity contribution in [2.24, 2.45) is 0 Å². The molecule has 0 bridgehead atoms. The number of hydrogen-bond acceptors (Lipinski definition) is 3. The fraction of sp³-hybridized carbons (Fsp3) is 0.400. The van der Waals surface area contributed by atoms with Gasteiger partial charge >= 0.3 is 0 Å². The first-order valence-electron chi connectivity index (χ1n) is 8.43. The summed E-state index contributed by atoms with van der Waals surface area (Å²) >= 11 is 0. The van der Waals surface area contributed by atoms with E-state index in [2.05, 4.69) is 24.0 Å². The van der Waals surface area contributed by atoms with E-state index in [4.69, 9.17) is 4.74 Å². The Kier molecular flexibility index (Phi) is 4.95. The van der Waals surface area contributed by atoms with Gasteiger partial charge in [0.2, 0.25) is 5.91 Å². The monoisotopic (exact) mass is 324 g/mol. The third kappa shape index (κ3) is 3.20. The van der Waals surface area contributed by atoms with Gasteiger partial charge in [0.15, 0.2) is 0 Å². The predicted octanol–water partition coefficient (Wildman–Crippen LogP) is 3.10. The fourth-order valence-corrected chi connectivity index (χ4v) is 3.60. The highest BCUT2D eigenvalue weighted by atomic mass is 16.5. The third-order valence-electron chi connectivity index (χ3n) is 4.89. The first kappa shape index (κ1) is 16.7. The largest absolute Gasteiger partial charge is 0.381 e. The molecule has 1 aromatic carbocycles. The van der Waals surface area contributed by atoms with Crippen LogP contribution in [0.3, 0.4) is 0 Å². The maximum absolute atomic E-state index is 13.4. The highest BCUT2D eigenvalue weighted by Crippen LogP contribution is 2.38. The second-order valence-electron chi connectivity index (χ2n) is 6.49. The van der Waals surface area contributed by atoms with Crippen molar-refractivity contribution in [3.63, 3.8) is 0 Å². The van der Waals surface area contributed by atoms with Crippen LogP contribution in [0.25, 0.3) is 0 Å². The Bertz CT molecular complexity index is 694. The lowest BCUT2D eigenvalue weighted by Gasteiger charge is -2.39. The standard InChI is InChI=1S/C20H24N2O2/c1-16-7-3-4-9-18(16)20(10-13-24-14-11-20)19(23)22(2)15-17-8-5-6-12-21-17/h3-9,12H,10-11,13-15H2,1-2H3. The summed E-state index contributed by atoms with van der Waals surface area (Å²) in [6.45, 7) is 3.85. The summed E-state index contributed by atoms with van der Waals surface area (Å²) in [6.07, 6.45) is 3.21. The number of aromatic nitrogens is 1. The number of carbonyl (C=O) groups is 1. The molecule has 0 aliphatic carbocycles. The molecule has 0 unspecified atom stereocenters. The molecular weight excluding hydrogens is 300 g/mol. The van der Waals surface area contributed by atoms with Crippen LogP contribution in [-0.4, -0.2) is 36.1 Å². The summed E-state index contributed by atoms with van der Waals surface area (Å²) in [6, 6.07) is 14.0. The number of benzene rings is 1. The van der Waals surface area contributed by atoms with Crippen molar-refractivity contribution in [2.75, 3.05) is 20.3 Å². The minimum atomic E-state index is -0.493. The average molecular weight is 324 g/mol. The summed E-state index contributed by atoms with van der Waals surface area (Å²) in [7, 11) is 1.87. The van der Waals surface area contributed by atoms with Gasteiger partial charge in [-0.1, -0.05) is 30.3 Å². The molecule has 24 heavy (non-hydrogen) atoms. The summed E-state index contributed by atoms with van der Waals surface area (Å²) in [4.78, 5) is 19.6. The molecule has 1 saturated heterocycles. The molecule has 0 radical (unpaired) electrons. The normalized spacial score (nSPS) is 16.6. The fourth-order valence-electron chi connectivity index (χ4n) is 3.60. The van der Waals surface area contributed by atoms with Crippen molar-refractivity contribution < 1.29 is 9.53 Å². The molecule has 0 N–H and O–H groups in total. The summed E-state index contributed by atoms with van der Waals surface area (Å²) in [5, 5.41) is 0. The zero-order valence-electron chi connectivity index (χ0n) is 14.4. The van der Waals surface area contributed by atoms with Crippen LogP contribution in [0, 0.1) is 6.92 Å². The summed E-state index contributed by atoms with van der Waals surface area (Å²) in [5.74, 6) is 0.158. The second-order valence-corrected chi connectivity index (χ2v) is 6.49. The number of rotatable bonds is 4. The highest BCUT2D eigenvalue weighted by molar-refractivity contribution is 5.88.